The van der Waals surface area contributed by atoms with Gasteiger partial charge in [-0.15, -0.1) is 0 Å². The van der Waals surface area contributed by atoms with Crippen molar-refractivity contribution in [2.45, 2.75) is 39.0 Å². The third-order valence-electron chi connectivity index (χ3n) is 4.44. The summed E-state index contributed by atoms with van der Waals surface area (Å²) in [6.07, 6.45) is 3.40. The van der Waals surface area contributed by atoms with E-state index in [0.29, 0.717) is 5.84 Å². The summed E-state index contributed by atoms with van der Waals surface area (Å²) >= 11 is 0. The number of pyridine rings is 1. The van der Waals surface area contributed by atoms with Gasteiger partial charge < -0.3 is 5.73 Å². The van der Waals surface area contributed by atoms with E-state index in [2.05, 4.69) is 43.1 Å². The number of rotatable bonds is 2. The molecule has 0 atom stereocenters. The van der Waals surface area contributed by atoms with Crippen LogP contribution in [0.5, 0.6) is 0 Å². The van der Waals surface area contributed by atoms with Crippen LogP contribution >= 0.6 is 0 Å². The van der Waals surface area contributed by atoms with Gasteiger partial charge in [-0.1, -0.05) is 18.2 Å². The predicted octanol–water partition coefficient (Wildman–Crippen LogP) is 3.79. The molecule has 0 saturated heterocycles. The lowest BCUT2D eigenvalue weighted by molar-refractivity contribution is 1.11. The predicted molar refractivity (Wildman–Crippen MR) is 86.1 cm³/mol. The van der Waals surface area contributed by atoms with Gasteiger partial charge in [-0.05, 0) is 55.4 Å². The lowest BCUT2D eigenvalue weighted by atomic mass is 9.94. The van der Waals surface area contributed by atoms with Gasteiger partial charge in [0.2, 0.25) is 0 Å². The molecule has 2 aromatic rings. The van der Waals surface area contributed by atoms with Crippen LogP contribution in [0.15, 0.2) is 29.3 Å². The highest BCUT2D eigenvalue weighted by Gasteiger charge is 2.25. The fourth-order valence-corrected chi connectivity index (χ4v) is 3.28. The number of hydrogen-bond donors (Lipinski definition) is 1. The molecule has 0 spiro atoms. The van der Waals surface area contributed by atoms with Crippen molar-refractivity contribution in [3.8, 4) is 11.3 Å². The van der Waals surface area contributed by atoms with Crippen molar-refractivity contribution in [1.29, 1.82) is 0 Å². The molecule has 1 fully saturated rings. The number of benzene rings is 1. The highest BCUT2D eigenvalue weighted by Crippen LogP contribution is 2.42. The number of amidine groups is 1. The summed E-state index contributed by atoms with van der Waals surface area (Å²) in [4.78, 5) is 9.05. The van der Waals surface area contributed by atoms with Gasteiger partial charge in [0.05, 0.1) is 5.69 Å². The van der Waals surface area contributed by atoms with Gasteiger partial charge in [-0.3, -0.25) is 0 Å². The zero-order chi connectivity index (χ0) is 14.6. The van der Waals surface area contributed by atoms with Crippen molar-refractivity contribution in [1.82, 2.24) is 4.98 Å². The van der Waals surface area contributed by atoms with Crippen LogP contribution in [-0.2, 0) is 6.42 Å². The number of aliphatic imine (C=N–C) groups is 1. The number of fused-ring (bicyclic) bond motifs is 1. The first-order valence-corrected chi connectivity index (χ1v) is 7.56. The normalized spacial score (nSPS) is 16.8. The van der Waals surface area contributed by atoms with Crippen LogP contribution in [0.3, 0.4) is 0 Å². The molecular formula is C18H19N3. The molecule has 1 aliphatic carbocycles. The van der Waals surface area contributed by atoms with E-state index in [4.69, 9.17) is 10.7 Å². The number of hydrogen-bond acceptors (Lipinski definition) is 3. The Morgan fingerprint density at radius 3 is 2.48 bits per heavy atom. The van der Waals surface area contributed by atoms with Crippen LogP contribution in [0, 0.1) is 13.8 Å². The Bertz CT molecular complexity index is 747. The van der Waals surface area contributed by atoms with Crippen molar-refractivity contribution in [3.63, 3.8) is 0 Å². The fourth-order valence-electron chi connectivity index (χ4n) is 3.28. The summed E-state index contributed by atoms with van der Waals surface area (Å²) < 4.78 is 0. The molecular weight excluding hydrogens is 258 g/mol. The average molecular weight is 277 g/mol. The SMILES string of the molecule is Cc1cc(C2CC2)cc(C)c1-c1ccc2c(n1)N=C(N)C2. The molecule has 0 amide bonds. The van der Waals surface area contributed by atoms with Crippen molar-refractivity contribution in [2.24, 2.45) is 10.7 Å². The van der Waals surface area contributed by atoms with Crippen molar-refractivity contribution in [2.75, 3.05) is 0 Å². The average Bonchev–Trinajstić information content (AvgIpc) is 3.20. The number of aromatic nitrogens is 1. The van der Waals surface area contributed by atoms with Gasteiger partial charge in [0.15, 0.2) is 5.82 Å². The van der Waals surface area contributed by atoms with Crippen LogP contribution in [-0.4, -0.2) is 10.8 Å². The second-order valence-corrected chi connectivity index (χ2v) is 6.26. The van der Waals surface area contributed by atoms with E-state index in [0.717, 1.165) is 29.4 Å². The Morgan fingerprint density at radius 2 is 1.81 bits per heavy atom. The van der Waals surface area contributed by atoms with Gasteiger partial charge in [0, 0.05) is 17.5 Å². The van der Waals surface area contributed by atoms with E-state index in [9.17, 15) is 0 Å². The number of aryl methyl sites for hydroxylation is 2. The van der Waals surface area contributed by atoms with Gasteiger partial charge in [0.25, 0.3) is 0 Å². The molecule has 1 aliphatic heterocycles. The second kappa shape index (κ2) is 4.42. The molecule has 4 rings (SSSR count). The number of nitrogens with two attached hydrogens (primary N) is 1. The van der Waals surface area contributed by atoms with E-state index >= 15 is 0 Å². The molecule has 0 unspecified atom stereocenters. The van der Waals surface area contributed by atoms with Gasteiger partial charge >= 0.3 is 0 Å². The van der Waals surface area contributed by atoms with Crippen LogP contribution in [0.4, 0.5) is 5.82 Å². The lowest BCUT2D eigenvalue weighted by Gasteiger charge is -2.12. The topological polar surface area (TPSA) is 51.3 Å². The van der Waals surface area contributed by atoms with Crippen LogP contribution in [0.2, 0.25) is 0 Å². The monoisotopic (exact) mass is 277 g/mol. The Morgan fingerprint density at radius 1 is 1.10 bits per heavy atom. The standard InChI is InChI=1S/C18H19N3/c1-10-7-14(12-3-4-12)8-11(2)17(10)15-6-5-13-9-16(19)21-18(13)20-15/h5-8,12H,3-4,9H2,1-2H3,(H2,19,20,21). The highest BCUT2D eigenvalue weighted by atomic mass is 15.0. The van der Waals surface area contributed by atoms with E-state index in [1.165, 1.54) is 35.1 Å². The minimum Gasteiger partial charge on any atom is -0.387 e. The molecule has 2 aliphatic rings. The summed E-state index contributed by atoms with van der Waals surface area (Å²) in [6.45, 7) is 4.36. The summed E-state index contributed by atoms with van der Waals surface area (Å²) in [5, 5.41) is 0. The molecule has 106 valence electrons. The molecule has 0 radical (unpaired) electrons. The number of nitrogens with zero attached hydrogens (tertiary/aromatic N) is 2. The largest absolute Gasteiger partial charge is 0.387 e. The first kappa shape index (κ1) is 12.6. The van der Waals surface area contributed by atoms with Gasteiger partial charge in [0.1, 0.15) is 5.84 Å². The molecule has 2 N–H and O–H groups in total. The van der Waals surface area contributed by atoms with Crippen LogP contribution in [0.1, 0.15) is 41.0 Å². The van der Waals surface area contributed by atoms with E-state index in [1.54, 1.807) is 0 Å². The fraction of sp³-hybridized carbons (Fsp3) is 0.333. The minimum atomic E-state index is 0.659. The van der Waals surface area contributed by atoms with E-state index in [-0.39, 0.29) is 0 Å². The zero-order valence-corrected chi connectivity index (χ0v) is 12.5. The first-order valence-electron chi connectivity index (χ1n) is 7.56. The Kier molecular flexibility index (Phi) is 2.64. The maximum absolute atomic E-state index is 5.80. The summed E-state index contributed by atoms with van der Waals surface area (Å²) in [6, 6.07) is 8.85. The first-order chi connectivity index (χ1) is 10.1. The van der Waals surface area contributed by atoms with Crippen molar-refractivity contribution in [3.05, 3.63) is 46.5 Å². The van der Waals surface area contributed by atoms with Crippen LogP contribution in [0.25, 0.3) is 11.3 Å². The second-order valence-electron chi connectivity index (χ2n) is 6.26. The Balaban J connectivity index is 1.81. The maximum atomic E-state index is 5.80. The molecule has 1 saturated carbocycles. The van der Waals surface area contributed by atoms with Crippen molar-refractivity contribution < 1.29 is 0 Å². The smallest absolute Gasteiger partial charge is 0.158 e. The quantitative estimate of drug-likeness (QED) is 0.908. The molecule has 3 heteroatoms. The third kappa shape index (κ3) is 2.13. The summed E-state index contributed by atoms with van der Waals surface area (Å²) in [5.41, 5.74) is 13.3. The van der Waals surface area contributed by atoms with Gasteiger partial charge in [-0.2, -0.15) is 0 Å². The minimum absolute atomic E-state index is 0.659. The molecule has 21 heavy (non-hydrogen) atoms. The highest BCUT2D eigenvalue weighted by molar-refractivity contribution is 5.90. The van der Waals surface area contributed by atoms with E-state index < -0.39 is 0 Å². The zero-order valence-electron chi connectivity index (χ0n) is 12.5. The van der Waals surface area contributed by atoms with Crippen molar-refractivity contribution >= 4 is 11.7 Å². The molecule has 0 bridgehead atoms. The Hall–Kier alpha value is -2.16. The molecule has 1 aromatic heterocycles. The van der Waals surface area contributed by atoms with Crippen LogP contribution < -0.4 is 5.73 Å². The molecule has 3 nitrogen and oxygen atoms in total. The molecule has 1 aromatic carbocycles. The summed E-state index contributed by atoms with van der Waals surface area (Å²) in [5.74, 6) is 2.23. The molecule has 2 heterocycles. The third-order valence-corrected chi connectivity index (χ3v) is 4.44. The maximum Gasteiger partial charge on any atom is 0.158 e. The Labute approximate surface area is 124 Å². The van der Waals surface area contributed by atoms with E-state index in [1.807, 2.05) is 0 Å². The van der Waals surface area contributed by atoms with Gasteiger partial charge in [-0.25, -0.2) is 9.98 Å². The lowest BCUT2D eigenvalue weighted by Crippen LogP contribution is -2.09. The summed E-state index contributed by atoms with van der Waals surface area (Å²) in [7, 11) is 0.